The second kappa shape index (κ2) is 14.0. The largest absolute Gasteiger partial charge is 0.490 e. The minimum atomic E-state index is -4.05. The van der Waals surface area contributed by atoms with E-state index in [1.165, 1.54) is 22.9 Å². The van der Waals surface area contributed by atoms with Crippen molar-refractivity contribution in [1.82, 2.24) is 14.5 Å². The van der Waals surface area contributed by atoms with Gasteiger partial charge >= 0.3 is 0 Å². The second-order valence-electron chi connectivity index (χ2n) is 11.7. The van der Waals surface area contributed by atoms with Crippen LogP contribution in [0, 0.1) is 18.6 Å². The number of anilines is 1. The molecule has 9 nitrogen and oxygen atoms in total. The lowest BCUT2D eigenvalue weighted by atomic mass is 10.1. The number of nitrogens with zero attached hydrogens (tertiary/aromatic N) is 4. The van der Waals surface area contributed by atoms with Crippen molar-refractivity contribution in [2.75, 3.05) is 30.9 Å². The summed E-state index contributed by atoms with van der Waals surface area (Å²) in [5.74, 6) is -1.10. The number of benzene rings is 3. The third-order valence-corrected chi connectivity index (χ3v) is 9.65. The predicted molar refractivity (Wildman–Crippen MR) is 178 cm³/mol. The fourth-order valence-corrected chi connectivity index (χ4v) is 6.78. The van der Waals surface area contributed by atoms with Crippen molar-refractivity contribution in [3.8, 4) is 17.0 Å². The summed E-state index contributed by atoms with van der Waals surface area (Å²) in [5.41, 5.74) is 2.65. The second-order valence-corrected chi connectivity index (χ2v) is 13.7. The topological polar surface area (TPSA) is 104 Å². The molecule has 0 saturated heterocycles. The third kappa shape index (κ3) is 7.45. The van der Waals surface area contributed by atoms with Gasteiger partial charge in [-0.1, -0.05) is 54.6 Å². The Bertz CT molecular complexity index is 2110. The molecule has 48 heavy (non-hydrogen) atoms. The molecule has 0 N–H and O–H groups in total. The van der Waals surface area contributed by atoms with Crippen molar-refractivity contribution in [2.24, 2.45) is 0 Å². The zero-order valence-electron chi connectivity index (χ0n) is 26.5. The van der Waals surface area contributed by atoms with Gasteiger partial charge in [0.15, 0.2) is 5.82 Å². The summed E-state index contributed by atoms with van der Waals surface area (Å²) in [5, 5.41) is -0.424. The molecule has 1 unspecified atom stereocenters. The van der Waals surface area contributed by atoms with Gasteiger partial charge in [-0.25, -0.2) is 27.2 Å². The van der Waals surface area contributed by atoms with E-state index in [0.717, 1.165) is 29.4 Å². The van der Waals surface area contributed by atoms with Crippen LogP contribution in [0.1, 0.15) is 34.9 Å². The van der Waals surface area contributed by atoms with Crippen molar-refractivity contribution < 1.29 is 26.7 Å². The molecule has 0 aliphatic carbocycles. The molecule has 248 valence electrons. The smallest absolute Gasteiger partial charge is 0.286 e. The number of rotatable bonds is 11. The Morgan fingerprint density at radius 2 is 1.73 bits per heavy atom. The lowest BCUT2D eigenvalue weighted by molar-refractivity contribution is 0.0361. The van der Waals surface area contributed by atoms with Crippen LogP contribution in [0.15, 0.2) is 101 Å². The molecule has 2 aromatic heterocycles. The Labute approximate surface area is 277 Å². The van der Waals surface area contributed by atoms with Gasteiger partial charge in [0.25, 0.3) is 5.56 Å². The van der Waals surface area contributed by atoms with E-state index >= 15 is 4.39 Å². The number of sulfone groups is 1. The van der Waals surface area contributed by atoms with E-state index < -0.39 is 38.3 Å². The highest BCUT2D eigenvalue weighted by molar-refractivity contribution is 7.91. The molecular weight excluding hydrogens is 638 g/mol. The van der Waals surface area contributed by atoms with Crippen LogP contribution in [0.3, 0.4) is 0 Å². The molecule has 0 saturated carbocycles. The summed E-state index contributed by atoms with van der Waals surface area (Å²) in [6.45, 7) is 2.92. The average molecular weight is 673 g/mol. The Balaban J connectivity index is 1.24. The van der Waals surface area contributed by atoms with E-state index in [-0.39, 0.29) is 36.6 Å². The number of fused-ring (bicyclic) bond motifs is 1. The highest BCUT2D eigenvalue weighted by Gasteiger charge is 2.24. The molecule has 3 heterocycles. The summed E-state index contributed by atoms with van der Waals surface area (Å²) in [6.07, 6.45) is 0.850. The van der Waals surface area contributed by atoms with Gasteiger partial charge in [0.05, 0.1) is 42.9 Å². The SMILES string of the molecule is Cc1cc(-c2cc(F)c(=O)n(Cc3ccc4c(c3)OCCN4C)c2)nc(S(=O)(=O)CCC(OCc2ccccc2F)c2ccccc2)n1. The van der Waals surface area contributed by atoms with Crippen LogP contribution in [0.5, 0.6) is 5.75 Å². The summed E-state index contributed by atoms with van der Waals surface area (Å²) in [7, 11) is -2.09. The number of halogens is 2. The number of hydrogen-bond donors (Lipinski definition) is 0. The van der Waals surface area contributed by atoms with Crippen LogP contribution in [-0.2, 0) is 27.7 Å². The van der Waals surface area contributed by atoms with Gasteiger partial charge in [-0.2, -0.15) is 0 Å². The molecule has 1 aliphatic rings. The van der Waals surface area contributed by atoms with Crippen LogP contribution < -0.4 is 15.2 Å². The lowest BCUT2D eigenvalue weighted by Gasteiger charge is -2.28. The number of hydrogen-bond acceptors (Lipinski definition) is 8. The van der Waals surface area contributed by atoms with E-state index in [0.29, 0.717) is 23.6 Å². The van der Waals surface area contributed by atoms with Crippen LogP contribution >= 0.6 is 0 Å². The van der Waals surface area contributed by atoms with Crippen LogP contribution in [0.2, 0.25) is 0 Å². The first-order valence-electron chi connectivity index (χ1n) is 15.4. The molecule has 0 amide bonds. The molecule has 1 atom stereocenters. The maximum absolute atomic E-state index is 15.0. The Kier molecular flexibility index (Phi) is 9.65. The highest BCUT2D eigenvalue weighted by Crippen LogP contribution is 2.32. The van der Waals surface area contributed by atoms with Gasteiger partial charge < -0.3 is 18.9 Å². The molecule has 1 aliphatic heterocycles. The highest BCUT2D eigenvalue weighted by atomic mass is 32.2. The quantitative estimate of drug-likeness (QED) is 0.160. The fraction of sp³-hybridized carbons (Fsp3) is 0.250. The first-order chi connectivity index (χ1) is 23.1. The summed E-state index contributed by atoms with van der Waals surface area (Å²) in [6, 6.07) is 23.5. The normalized spacial score (nSPS) is 13.5. The molecular formula is C36H34F2N4O5S. The van der Waals surface area contributed by atoms with Crippen molar-refractivity contribution >= 4 is 15.5 Å². The van der Waals surface area contributed by atoms with Crippen molar-refractivity contribution in [2.45, 2.75) is 37.8 Å². The molecule has 12 heteroatoms. The molecule has 6 rings (SSSR count). The average Bonchev–Trinajstić information content (AvgIpc) is 3.07. The summed E-state index contributed by atoms with van der Waals surface area (Å²) in [4.78, 5) is 23.4. The van der Waals surface area contributed by atoms with E-state index in [1.807, 2.05) is 55.6 Å². The Morgan fingerprint density at radius 3 is 2.52 bits per heavy atom. The van der Waals surface area contributed by atoms with Gasteiger partial charge in [-0.05, 0) is 54.8 Å². The van der Waals surface area contributed by atoms with Crippen LogP contribution in [-0.4, -0.2) is 48.9 Å². The number of aromatic nitrogens is 3. The number of aryl methyl sites for hydroxylation is 1. The van der Waals surface area contributed by atoms with Gasteiger partial charge in [-0.3, -0.25) is 4.79 Å². The monoisotopic (exact) mass is 672 g/mol. The standard InChI is InChI=1S/C36H34F2N4O5S/c1-24-18-31(28-20-30(38)35(43)42(22-28)21-25-12-13-32-34(19-25)46-16-15-41(32)2)40-36(39-24)48(44,45)17-14-33(26-8-4-3-5-9-26)47-23-27-10-6-7-11-29(27)37/h3-13,18-20,22,33H,14-17,21,23H2,1-2H3. The van der Waals surface area contributed by atoms with Crippen molar-refractivity contribution in [3.05, 3.63) is 135 Å². The van der Waals surface area contributed by atoms with Gasteiger partial charge in [0.2, 0.25) is 15.0 Å². The Hall–Kier alpha value is -4.94. The molecule has 0 radical (unpaired) electrons. The first kappa shape index (κ1) is 33.0. The van der Waals surface area contributed by atoms with Gasteiger partial charge in [0.1, 0.15) is 18.2 Å². The Morgan fingerprint density at radius 1 is 0.958 bits per heavy atom. The zero-order chi connectivity index (χ0) is 33.8. The molecule has 3 aromatic carbocycles. The minimum absolute atomic E-state index is 0.0474. The van der Waals surface area contributed by atoms with Crippen molar-refractivity contribution in [3.63, 3.8) is 0 Å². The summed E-state index contributed by atoms with van der Waals surface area (Å²) < 4.78 is 69.6. The number of pyridine rings is 1. The van der Waals surface area contributed by atoms with Crippen LogP contribution in [0.25, 0.3) is 11.3 Å². The van der Waals surface area contributed by atoms with Crippen LogP contribution in [0.4, 0.5) is 14.5 Å². The molecule has 0 fully saturated rings. The van der Waals surface area contributed by atoms with E-state index in [9.17, 15) is 17.6 Å². The fourth-order valence-electron chi connectivity index (χ4n) is 5.56. The van der Waals surface area contributed by atoms with Gasteiger partial charge in [-0.15, -0.1) is 0 Å². The lowest BCUT2D eigenvalue weighted by Crippen LogP contribution is -2.29. The van der Waals surface area contributed by atoms with Gasteiger partial charge in [0, 0.05) is 30.1 Å². The first-order valence-corrected chi connectivity index (χ1v) is 17.1. The zero-order valence-corrected chi connectivity index (χ0v) is 27.3. The number of ether oxygens (including phenoxy) is 2. The van der Waals surface area contributed by atoms with Crippen molar-refractivity contribution in [1.29, 1.82) is 0 Å². The third-order valence-electron chi connectivity index (χ3n) is 8.14. The molecule has 0 bridgehead atoms. The predicted octanol–water partition coefficient (Wildman–Crippen LogP) is 5.89. The maximum Gasteiger partial charge on any atom is 0.286 e. The number of likely N-dealkylation sites (N-methyl/N-ethyl adjacent to an activating group) is 1. The van der Waals surface area contributed by atoms with E-state index in [4.69, 9.17) is 9.47 Å². The molecule has 5 aromatic rings. The van der Waals surface area contributed by atoms with E-state index in [1.54, 1.807) is 25.1 Å². The summed E-state index contributed by atoms with van der Waals surface area (Å²) >= 11 is 0. The van der Waals surface area contributed by atoms with E-state index in [2.05, 4.69) is 14.9 Å². The molecule has 0 spiro atoms. The maximum atomic E-state index is 15.0. The minimum Gasteiger partial charge on any atom is -0.490 e.